The molecule has 2 amide bonds. The van der Waals surface area contributed by atoms with E-state index < -0.39 is 35.9 Å². The van der Waals surface area contributed by atoms with Crippen LogP contribution in [-0.2, 0) is 20.8 Å². The van der Waals surface area contributed by atoms with Crippen molar-refractivity contribution in [3.05, 3.63) is 18.2 Å². The van der Waals surface area contributed by atoms with Crippen molar-refractivity contribution in [1.29, 1.82) is 0 Å². The van der Waals surface area contributed by atoms with Crippen molar-refractivity contribution in [2.24, 2.45) is 17.4 Å². The van der Waals surface area contributed by atoms with E-state index in [0.29, 0.717) is 31.5 Å². The number of carboxylic acid groups (broad SMARTS) is 1. The fourth-order valence-electron chi connectivity index (χ4n) is 2.63. The van der Waals surface area contributed by atoms with Crippen LogP contribution in [0.5, 0.6) is 0 Å². The first kappa shape index (κ1) is 23.6. The molecule has 10 nitrogen and oxygen atoms in total. The number of rotatable bonds is 13. The van der Waals surface area contributed by atoms with Gasteiger partial charge in [-0.2, -0.15) is 0 Å². The van der Waals surface area contributed by atoms with Crippen LogP contribution in [0.4, 0.5) is 0 Å². The van der Waals surface area contributed by atoms with Crippen LogP contribution in [0.2, 0.25) is 0 Å². The third kappa shape index (κ3) is 7.65. The van der Waals surface area contributed by atoms with Gasteiger partial charge in [0.05, 0.1) is 12.4 Å². The Morgan fingerprint density at radius 3 is 2.43 bits per heavy atom. The minimum Gasteiger partial charge on any atom is -0.480 e. The number of nitrogens with zero attached hydrogens (tertiary/aromatic N) is 1. The van der Waals surface area contributed by atoms with E-state index in [4.69, 9.17) is 11.5 Å². The summed E-state index contributed by atoms with van der Waals surface area (Å²) in [6, 6.07) is -2.79. The molecule has 0 fully saturated rings. The van der Waals surface area contributed by atoms with Gasteiger partial charge in [-0.15, -0.1) is 0 Å². The van der Waals surface area contributed by atoms with Crippen molar-refractivity contribution >= 4 is 17.8 Å². The maximum Gasteiger partial charge on any atom is 0.326 e. The fourth-order valence-corrected chi connectivity index (χ4v) is 2.63. The summed E-state index contributed by atoms with van der Waals surface area (Å²) in [7, 11) is 0. The summed E-state index contributed by atoms with van der Waals surface area (Å²) in [5.74, 6) is -2.23. The Morgan fingerprint density at radius 2 is 1.89 bits per heavy atom. The molecule has 0 aromatic carbocycles. The zero-order chi connectivity index (χ0) is 21.1. The molecule has 0 aliphatic rings. The lowest BCUT2D eigenvalue weighted by Gasteiger charge is -2.24. The van der Waals surface area contributed by atoms with Crippen molar-refractivity contribution in [2.45, 2.75) is 64.1 Å². The zero-order valence-electron chi connectivity index (χ0n) is 16.5. The van der Waals surface area contributed by atoms with Crippen molar-refractivity contribution < 1.29 is 19.5 Å². The highest BCUT2D eigenvalue weighted by Crippen LogP contribution is 2.08. The Morgan fingerprint density at radius 1 is 1.21 bits per heavy atom. The van der Waals surface area contributed by atoms with Gasteiger partial charge in [-0.25, -0.2) is 9.78 Å². The number of carbonyl (C=O) groups excluding carboxylic acids is 2. The van der Waals surface area contributed by atoms with Crippen molar-refractivity contribution in [2.75, 3.05) is 6.54 Å². The van der Waals surface area contributed by atoms with Gasteiger partial charge in [-0.05, 0) is 31.7 Å². The second-order valence-electron chi connectivity index (χ2n) is 6.94. The Balaban J connectivity index is 2.85. The number of unbranched alkanes of at least 4 members (excludes halogenated alkanes) is 1. The topological polar surface area (TPSA) is 176 Å². The van der Waals surface area contributed by atoms with Gasteiger partial charge in [0.2, 0.25) is 11.8 Å². The van der Waals surface area contributed by atoms with Gasteiger partial charge < -0.3 is 32.2 Å². The molecule has 0 saturated heterocycles. The molecule has 1 rings (SSSR count). The molecule has 10 heteroatoms. The van der Waals surface area contributed by atoms with Crippen LogP contribution in [-0.4, -0.2) is 57.5 Å². The van der Waals surface area contributed by atoms with E-state index in [9.17, 15) is 19.5 Å². The molecule has 4 atom stereocenters. The first-order valence-corrected chi connectivity index (χ1v) is 9.56. The first-order valence-electron chi connectivity index (χ1n) is 9.56. The predicted molar refractivity (Wildman–Crippen MR) is 104 cm³/mol. The van der Waals surface area contributed by atoms with Crippen molar-refractivity contribution in [3.8, 4) is 0 Å². The van der Waals surface area contributed by atoms with E-state index in [-0.39, 0.29) is 18.8 Å². The lowest BCUT2D eigenvalue weighted by Crippen LogP contribution is -2.56. The van der Waals surface area contributed by atoms with Crippen molar-refractivity contribution in [1.82, 2.24) is 20.6 Å². The summed E-state index contributed by atoms with van der Waals surface area (Å²) in [5, 5.41) is 14.5. The Labute approximate surface area is 164 Å². The number of hydrogen-bond donors (Lipinski definition) is 6. The molecule has 0 aliphatic heterocycles. The van der Waals surface area contributed by atoms with Gasteiger partial charge in [-0.3, -0.25) is 9.59 Å². The summed E-state index contributed by atoms with van der Waals surface area (Å²) >= 11 is 0. The number of aromatic amines is 1. The number of carboxylic acids is 1. The largest absolute Gasteiger partial charge is 0.480 e. The molecule has 28 heavy (non-hydrogen) atoms. The number of aromatic nitrogens is 2. The van der Waals surface area contributed by atoms with Gasteiger partial charge in [0.25, 0.3) is 0 Å². The molecule has 1 heterocycles. The molecule has 8 N–H and O–H groups in total. The molecule has 0 bridgehead atoms. The predicted octanol–water partition coefficient (Wildman–Crippen LogP) is -0.491. The Kier molecular flexibility index (Phi) is 10.2. The van der Waals surface area contributed by atoms with Crippen LogP contribution in [0, 0.1) is 5.92 Å². The maximum atomic E-state index is 12.7. The highest BCUT2D eigenvalue weighted by molar-refractivity contribution is 5.92. The van der Waals surface area contributed by atoms with Gasteiger partial charge in [0.15, 0.2) is 0 Å². The van der Waals surface area contributed by atoms with Crippen LogP contribution in [0.1, 0.15) is 45.2 Å². The van der Waals surface area contributed by atoms with Crippen LogP contribution < -0.4 is 22.1 Å². The van der Waals surface area contributed by atoms with Crippen LogP contribution in [0.3, 0.4) is 0 Å². The van der Waals surface area contributed by atoms with E-state index >= 15 is 0 Å². The lowest BCUT2D eigenvalue weighted by atomic mass is 9.98. The molecular formula is C18H32N6O4. The average Bonchev–Trinajstić information content (AvgIpc) is 3.18. The summed E-state index contributed by atoms with van der Waals surface area (Å²) in [4.78, 5) is 43.4. The molecule has 0 spiro atoms. The minimum atomic E-state index is -1.13. The maximum absolute atomic E-state index is 12.7. The minimum absolute atomic E-state index is 0.0566. The van der Waals surface area contributed by atoms with Gasteiger partial charge in [0.1, 0.15) is 12.1 Å². The number of hydrogen-bond acceptors (Lipinski definition) is 6. The second-order valence-corrected chi connectivity index (χ2v) is 6.94. The SMILES string of the molecule is CCC(C)C(N)C(=O)NC(Cc1cnc[nH]1)C(=O)NC(CCCCN)C(=O)O. The molecule has 0 aliphatic carbocycles. The third-order valence-electron chi connectivity index (χ3n) is 4.73. The normalized spacial score (nSPS) is 15.3. The van der Waals surface area contributed by atoms with E-state index in [1.165, 1.54) is 12.5 Å². The number of aliphatic carboxylic acids is 1. The smallest absolute Gasteiger partial charge is 0.326 e. The summed E-state index contributed by atoms with van der Waals surface area (Å²) in [6.07, 6.45) is 5.35. The van der Waals surface area contributed by atoms with E-state index in [2.05, 4.69) is 20.6 Å². The summed E-state index contributed by atoms with van der Waals surface area (Å²) in [6.45, 7) is 4.23. The van der Waals surface area contributed by atoms with E-state index in [1.54, 1.807) is 0 Å². The lowest BCUT2D eigenvalue weighted by molar-refractivity contribution is -0.142. The fraction of sp³-hybridized carbons (Fsp3) is 0.667. The molecule has 1 aromatic rings. The van der Waals surface area contributed by atoms with Gasteiger partial charge in [0, 0.05) is 18.3 Å². The van der Waals surface area contributed by atoms with Gasteiger partial charge >= 0.3 is 5.97 Å². The first-order chi connectivity index (χ1) is 13.3. The number of nitrogens with one attached hydrogen (secondary N) is 3. The monoisotopic (exact) mass is 396 g/mol. The van der Waals surface area contributed by atoms with Crippen LogP contribution >= 0.6 is 0 Å². The van der Waals surface area contributed by atoms with E-state index in [1.807, 2.05) is 13.8 Å². The standard InChI is InChI=1S/C18H32N6O4/c1-3-11(2)15(20)17(26)24-14(8-12-9-21-10-22-12)16(25)23-13(18(27)28)6-4-5-7-19/h9-11,13-15H,3-8,19-20H2,1-2H3,(H,21,22)(H,23,25)(H,24,26)(H,27,28). The number of H-pyrrole nitrogens is 1. The number of nitrogens with two attached hydrogens (primary N) is 2. The molecule has 1 aromatic heterocycles. The average molecular weight is 396 g/mol. The molecular weight excluding hydrogens is 364 g/mol. The third-order valence-corrected chi connectivity index (χ3v) is 4.73. The Bertz CT molecular complexity index is 622. The highest BCUT2D eigenvalue weighted by Gasteiger charge is 2.29. The second kappa shape index (κ2) is 12.1. The number of carbonyl (C=O) groups is 3. The molecule has 158 valence electrons. The van der Waals surface area contributed by atoms with Gasteiger partial charge in [-0.1, -0.05) is 20.3 Å². The molecule has 0 radical (unpaired) electrons. The number of imidazole rings is 1. The number of amides is 2. The molecule has 4 unspecified atom stereocenters. The highest BCUT2D eigenvalue weighted by atomic mass is 16.4. The Hall–Kier alpha value is -2.46. The van der Waals surface area contributed by atoms with Crippen molar-refractivity contribution in [3.63, 3.8) is 0 Å². The summed E-state index contributed by atoms with van der Waals surface area (Å²) in [5.41, 5.74) is 12.0. The van der Waals surface area contributed by atoms with E-state index in [0.717, 1.165) is 0 Å². The van der Waals surface area contributed by atoms with Crippen LogP contribution in [0.25, 0.3) is 0 Å². The molecule has 0 saturated carbocycles. The summed E-state index contributed by atoms with van der Waals surface area (Å²) < 4.78 is 0. The van der Waals surface area contributed by atoms with Crippen LogP contribution in [0.15, 0.2) is 12.5 Å². The quantitative estimate of drug-likeness (QED) is 0.244. The zero-order valence-corrected chi connectivity index (χ0v) is 16.5.